The molecule has 94 valence electrons. The molecule has 0 bridgehead atoms. The molecule has 16 heavy (non-hydrogen) atoms. The van der Waals surface area contributed by atoms with E-state index in [9.17, 15) is 8.42 Å². The fraction of sp³-hybridized carbons (Fsp3) is 1.00. The quantitative estimate of drug-likeness (QED) is 0.783. The molecule has 0 aliphatic carbocycles. The van der Waals surface area contributed by atoms with Crippen molar-refractivity contribution in [2.75, 3.05) is 43.4 Å². The Bertz CT molecular complexity index is 313. The van der Waals surface area contributed by atoms with Gasteiger partial charge in [-0.3, -0.25) is 0 Å². The number of hydrogen-bond donors (Lipinski definition) is 1. The highest BCUT2D eigenvalue weighted by molar-refractivity contribution is 7.99. The van der Waals surface area contributed by atoms with Crippen LogP contribution in [0.25, 0.3) is 0 Å². The van der Waals surface area contributed by atoms with Crippen molar-refractivity contribution < 1.29 is 8.42 Å². The third-order valence-electron chi connectivity index (χ3n) is 3.18. The Labute approximate surface area is 102 Å². The van der Waals surface area contributed by atoms with Crippen molar-refractivity contribution in [3.8, 4) is 0 Å². The van der Waals surface area contributed by atoms with Crippen LogP contribution < -0.4 is 5.32 Å². The van der Waals surface area contributed by atoms with E-state index in [4.69, 9.17) is 0 Å². The van der Waals surface area contributed by atoms with Gasteiger partial charge in [0, 0.05) is 26.2 Å². The minimum absolute atomic E-state index is 0.257. The molecule has 2 aliphatic heterocycles. The molecule has 2 saturated heterocycles. The van der Waals surface area contributed by atoms with Crippen molar-refractivity contribution in [3.63, 3.8) is 0 Å². The van der Waals surface area contributed by atoms with Crippen molar-refractivity contribution in [1.29, 1.82) is 0 Å². The average Bonchev–Trinajstić information content (AvgIpc) is 2.43. The molecule has 0 spiro atoms. The summed E-state index contributed by atoms with van der Waals surface area (Å²) in [6, 6.07) is 0. The lowest BCUT2D eigenvalue weighted by atomic mass is 10.1. The van der Waals surface area contributed by atoms with Crippen molar-refractivity contribution in [2.24, 2.45) is 5.92 Å². The largest absolute Gasteiger partial charge is 0.314 e. The highest BCUT2D eigenvalue weighted by Crippen LogP contribution is 2.24. The molecule has 2 rings (SSSR count). The van der Waals surface area contributed by atoms with Gasteiger partial charge in [-0.2, -0.15) is 11.8 Å². The topological polar surface area (TPSA) is 49.4 Å². The molecule has 2 heterocycles. The number of rotatable bonds is 2. The molecule has 6 heteroatoms. The molecule has 0 aromatic carbocycles. The van der Waals surface area contributed by atoms with Gasteiger partial charge in [0.1, 0.15) is 0 Å². The van der Waals surface area contributed by atoms with E-state index in [2.05, 4.69) is 5.32 Å². The van der Waals surface area contributed by atoms with E-state index in [-0.39, 0.29) is 5.75 Å². The third kappa shape index (κ3) is 3.35. The number of thioether (sulfide) groups is 1. The van der Waals surface area contributed by atoms with Gasteiger partial charge >= 0.3 is 0 Å². The van der Waals surface area contributed by atoms with Gasteiger partial charge in [-0.15, -0.1) is 0 Å². The molecular formula is C10H20N2O2S2. The number of nitrogens with zero attached hydrogens (tertiary/aromatic N) is 1. The molecule has 4 nitrogen and oxygen atoms in total. The van der Waals surface area contributed by atoms with Crippen LogP contribution in [0.3, 0.4) is 0 Å². The average molecular weight is 264 g/mol. The smallest absolute Gasteiger partial charge is 0.215 e. The lowest BCUT2D eigenvalue weighted by Gasteiger charge is -2.27. The zero-order valence-electron chi connectivity index (χ0n) is 9.52. The predicted molar refractivity (Wildman–Crippen MR) is 68.3 cm³/mol. The summed E-state index contributed by atoms with van der Waals surface area (Å²) in [4.78, 5) is 0. The Balaban J connectivity index is 1.95. The number of nitrogens with one attached hydrogen (secondary N) is 1. The summed E-state index contributed by atoms with van der Waals surface area (Å²) in [7, 11) is -3.00. The molecule has 1 N–H and O–H groups in total. The van der Waals surface area contributed by atoms with Gasteiger partial charge in [-0.1, -0.05) is 0 Å². The highest BCUT2D eigenvalue weighted by atomic mass is 32.2. The van der Waals surface area contributed by atoms with Crippen LogP contribution in [0.1, 0.15) is 12.8 Å². The van der Waals surface area contributed by atoms with Crippen LogP contribution in [0, 0.1) is 5.92 Å². The molecule has 2 aliphatic rings. The van der Waals surface area contributed by atoms with Crippen molar-refractivity contribution in [3.05, 3.63) is 0 Å². The predicted octanol–water partition coefficient (Wildman–Crippen LogP) is 0.365. The van der Waals surface area contributed by atoms with E-state index >= 15 is 0 Å². The van der Waals surface area contributed by atoms with E-state index in [0.29, 0.717) is 19.0 Å². The molecular weight excluding hydrogens is 244 g/mol. The summed E-state index contributed by atoms with van der Waals surface area (Å²) in [5, 5.41) is 3.14. The van der Waals surface area contributed by atoms with Crippen molar-refractivity contribution in [1.82, 2.24) is 9.62 Å². The second-order valence-electron chi connectivity index (χ2n) is 4.51. The second-order valence-corrected chi connectivity index (χ2v) is 7.75. The maximum atomic E-state index is 12.0. The standard InChI is InChI=1S/C10H20N2O2S2/c13-16(14)7-4-11-3-5-12(16)8-10-2-1-6-15-9-10/h10-11H,1-9H2. The van der Waals surface area contributed by atoms with Crippen molar-refractivity contribution >= 4 is 21.8 Å². The van der Waals surface area contributed by atoms with E-state index in [1.165, 1.54) is 18.6 Å². The van der Waals surface area contributed by atoms with Gasteiger partial charge in [0.15, 0.2) is 0 Å². The minimum atomic E-state index is -3.00. The van der Waals surface area contributed by atoms with Crippen LogP contribution in [0.4, 0.5) is 0 Å². The fourth-order valence-corrected chi connectivity index (χ4v) is 4.85. The van der Waals surface area contributed by atoms with Gasteiger partial charge in [0.25, 0.3) is 0 Å². The normalized spacial score (nSPS) is 32.1. The maximum Gasteiger partial charge on any atom is 0.215 e. The SMILES string of the molecule is O=S1(=O)CCNCCN1CC1CCCSC1. The van der Waals surface area contributed by atoms with Gasteiger partial charge < -0.3 is 5.32 Å². The Hall–Kier alpha value is 0.220. The van der Waals surface area contributed by atoms with E-state index < -0.39 is 10.0 Å². The molecule has 1 atom stereocenters. The first-order chi connectivity index (χ1) is 7.68. The molecule has 2 fully saturated rings. The first-order valence-corrected chi connectivity index (χ1v) is 8.71. The van der Waals surface area contributed by atoms with E-state index in [1.807, 2.05) is 11.8 Å². The molecule has 1 unspecified atom stereocenters. The molecule has 0 saturated carbocycles. The summed E-state index contributed by atoms with van der Waals surface area (Å²) < 4.78 is 25.6. The Morgan fingerprint density at radius 2 is 2.25 bits per heavy atom. The third-order valence-corrected chi connectivity index (χ3v) is 6.31. The summed E-state index contributed by atoms with van der Waals surface area (Å²) in [5.74, 6) is 3.18. The molecule has 0 amide bonds. The molecule has 0 aromatic rings. The number of hydrogen-bond acceptors (Lipinski definition) is 4. The van der Waals surface area contributed by atoms with Crippen LogP contribution in [0.15, 0.2) is 0 Å². The summed E-state index contributed by atoms with van der Waals surface area (Å²) in [6.07, 6.45) is 2.42. The molecule has 0 radical (unpaired) electrons. The van der Waals surface area contributed by atoms with Gasteiger partial charge in [-0.25, -0.2) is 12.7 Å². The van der Waals surface area contributed by atoms with Gasteiger partial charge in [0.2, 0.25) is 10.0 Å². The van der Waals surface area contributed by atoms with Crippen LogP contribution in [0.2, 0.25) is 0 Å². The second kappa shape index (κ2) is 5.71. The zero-order chi connectivity index (χ0) is 11.4. The Morgan fingerprint density at radius 3 is 3.00 bits per heavy atom. The van der Waals surface area contributed by atoms with E-state index in [0.717, 1.165) is 18.8 Å². The highest BCUT2D eigenvalue weighted by Gasteiger charge is 2.27. The zero-order valence-corrected chi connectivity index (χ0v) is 11.2. The van der Waals surface area contributed by atoms with Crippen LogP contribution in [-0.4, -0.2) is 56.2 Å². The van der Waals surface area contributed by atoms with Crippen molar-refractivity contribution in [2.45, 2.75) is 12.8 Å². The lowest BCUT2D eigenvalue weighted by Crippen LogP contribution is -2.38. The number of sulfonamides is 1. The minimum Gasteiger partial charge on any atom is -0.314 e. The van der Waals surface area contributed by atoms with E-state index in [1.54, 1.807) is 4.31 Å². The first-order valence-electron chi connectivity index (χ1n) is 5.95. The first kappa shape index (κ1) is 12.7. The van der Waals surface area contributed by atoms with Crippen LogP contribution in [0.5, 0.6) is 0 Å². The summed E-state index contributed by atoms with van der Waals surface area (Å²) in [6.45, 7) is 2.76. The Kier molecular flexibility index (Phi) is 4.52. The monoisotopic (exact) mass is 264 g/mol. The van der Waals surface area contributed by atoms with Gasteiger partial charge in [0.05, 0.1) is 5.75 Å². The summed E-state index contributed by atoms with van der Waals surface area (Å²) >= 11 is 1.96. The molecule has 0 aromatic heterocycles. The maximum absolute atomic E-state index is 12.0. The van der Waals surface area contributed by atoms with Gasteiger partial charge in [-0.05, 0) is 30.3 Å². The van der Waals surface area contributed by atoms with Crippen LogP contribution in [-0.2, 0) is 10.0 Å². The lowest BCUT2D eigenvalue weighted by molar-refractivity contribution is 0.349. The Morgan fingerprint density at radius 1 is 1.38 bits per heavy atom. The van der Waals surface area contributed by atoms with Crippen LogP contribution >= 0.6 is 11.8 Å². The fourth-order valence-electron chi connectivity index (χ4n) is 2.24. The summed E-state index contributed by atoms with van der Waals surface area (Å²) in [5.41, 5.74) is 0.